The van der Waals surface area contributed by atoms with E-state index < -0.39 is 0 Å². The molecule has 5 heteroatoms. The average Bonchev–Trinajstić information content (AvgIpc) is 3.36. The Kier molecular flexibility index (Phi) is 4.12. The molecule has 2 aliphatic carbocycles. The molecule has 5 nitrogen and oxygen atoms in total. The van der Waals surface area contributed by atoms with Crippen molar-refractivity contribution >= 4 is 5.91 Å². The summed E-state index contributed by atoms with van der Waals surface area (Å²) in [4.78, 5) is 27.5. The molecule has 3 heterocycles. The number of fused-ring (bicyclic) bond motifs is 3. The third-order valence-electron chi connectivity index (χ3n) is 7.09. The van der Waals surface area contributed by atoms with E-state index in [0.29, 0.717) is 17.9 Å². The maximum absolute atomic E-state index is 13.4. The highest BCUT2D eigenvalue weighted by atomic mass is 16.2. The molecular formula is C22H30N4O. The number of rotatable bonds is 3. The molecular weight excluding hydrogens is 336 g/mol. The van der Waals surface area contributed by atoms with Gasteiger partial charge in [0.1, 0.15) is 5.82 Å². The van der Waals surface area contributed by atoms with Crippen molar-refractivity contribution in [3.8, 4) is 0 Å². The molecule has 4 aliphatic rings. The molecule has 5 rings (SSSR count). The third-order valence-corrected chi connectivity index (χ3v) is 7.09. The number of likely N-dealkylation sites (tertiary alicyclic amines) is 1. The predicted molar refractivity (Wildman–Crippen MR) is 104 cm³/mol. The topological polar surface area (TPSA) is 49.3 Å². The van der Waals surface area contributed by atoms with E-state index in [4.69, 9.17) is 4.98 Å². The molecule has 2 aliphatic heterocycles. The van der Waals surface area contributed by atoms with Gasteiger partial charge in [0.05, 0.1) is 11.1 Å². The van der Waals surface area contributed by atoms with Gasteiger partial charge in [0.2, 0.25) is 5.91 Å². The van der Waals surface area contributed by atoms with Crippen LogP contribution < -0.4 is 0 Å². The highest BCUT2D eigenvalue weighted by Gasteiger charge is 2.48. The summed E-state index contributed by atoms with van der Waals surface area (Å²) in [6.07, 6.45) is 12.0. The van der Waals surface area contributed by atoms with Crippen LogP contribution in [0.5, 0.6) is 0 Å². The van der Waals surface area contributed by atoms with E-state index in [1.807, 2.05) is 13.1 Å². The first-order chi connectivity index (χ1) is 13.0. The number of nitrogens with zero attached hydrogens (tertiary/aromatic N) is 4. The summed E-state index contributed by atoms with van der Waals surface area (Å²) in [5, 5.41) is 0. The number of aryl methyl sites for hydroxylation is 1. The molecule has 144 valence electrons. The second kappa shape index (κ2) is 6.40. The number of hydrogen-bond donors (Lipinski definition) is 0. The van der Waals surface area contributed by atoms with E-state index in [0.717, 1.165) is 57.2 Å². The Balaban J connectivity index is 1.43. The molecule has 1 saturated carbocycles. The van der Waals surface area contributed by atoms with Gasteiger partial charge >= 0.3 is 0 Å². The Labute approximate surface area is 161 Å². The average molecular weight is 367 g/mol. The normalized spacial score (nSPS) is 33.0. The van der Waals surface area contributed by atoms with E-state index >= 15 is 0 Å². The van der Waals surface area contributed by atoms with Crippen LogP contribution in [0.3, 0.4) is 0 Å². The van der Waals surface area contributed by atoms with Crippen LogP contribution in [0.1, 0.15) is 62.0 Å². The minimum atomic E-state index is -0.228. The first-order valence-corrected chi connectivity index (χ1v) is 10.5. The molecule has 1 saturated heterocycles. The van der Waals surface area contributed by atoms with Gasteiger partial charge in [-0.25, -0.2) is 9.97 Å². The maximum atomic E-state index is 13.4. The molecule has 1 aromatic heterocycles. The van der Waals surface area contributed by atoms with E-state index in [-0.39, 0.29) is 5.41 Å². The SMILES string of the molecule is Cc1ncc2c(n1)C1CN(C(=O)C3(C)CC=CCC3)CC1N(CC1CC1)C2. The summed E-state index contributed by atoms with van der Waals surface area (Å²) in [5.74, 6) is 2.38. The lowest BCUT2D eigenvalue weighted by molar-refractivity contribution is -0.140. The van der Waals surface area contributed by atoms with Crippen molar-refractivity contribution in [2.45, 2.75) is 64.5 Å². The van der Waals surface area contributed by atoms with Crippen LogP contribution in [0, 0.1) is 18.3 Å². The Morgan fingerprint density at radius 2 is 2.15 bits per heavy atom. The van der Waals surface area contributed by atoms with Gasteiger partial charge in [-0.3, -0.25) is 9.69 Å². The first kappa shape index (κ1) is 17.4. The largest absolute Gasteiger partial charge is 0.340 e. The van der Waals surface area contributed by atoms with Gasteiger partial charge in [-0.1, -0.05) is 19.1 Å². The Morgan fingerprint density at radius 3 is 2.89 bits per heavy atom. The lowest BCUT2D eigenvalue weighted by Gasteiger charge is -2.37. The van der Waals surface area contributed by atoms with Crippen LogP contribution in [0.25, 0.3) is 0 Å². The zero-order valence-electron chi connectivity index (χ0n) is 16.5. The third kappa shape index (κ3) is 3.10. The molecule has 3 atom stereocenters. The first-order valence-electron chi connectivity index (χ1n) is 10.5. The van der Waals surface area contributed by atoms with Crippen molar-refractivity contribution in [3.05, 3.63) is 35.4 Å². The van der Waals surface area contributed by atoms with Crippen LogP contribution in [-0.2, 0) is 11.3 Å². The van der Waals surface area contributed by atoms with Crippen molar-refractivity contribution in [1.82, 2.24) is 19.8 Å². The fraction of sp³-hybridized carbons (Fsp3) is 0.682. The van der Waals surface area contributed by atoms with E-state index in [1.54, 1.807) is 0 Å². The highest BCUT2D eigenvalue weighted by Crippen LogP contribution is 2.42. The van der Waals surface area contributed by atoms with E-state index in [2.05, 4.69) is 33.9 Å². The van der Waals surface area contributed by atoms with Crippen molar-refractivity contribution in [1.29, 1.82) is 0 Å². The van der Waals surface area contributed by atoms with Gasteiger partial charge in [-0.15, -0.1) is 0 Å². The van der Waals surface area contributed by atoms with Gasteiger partial charge in [0.15, 0.2) is 0 Å². The minimum Gasteiger partial charge on any atom is -0.340 e. The number of carbonyl (C=O) groups excluding carboxylic acids is 1. The second-order valence-corrected chi connectivity index (χ2v) is 9.36. The summed E-state index contributed by atoms with van der Waals surface area (Å²) in [5.41, 5.74) is 2.24. The van der Waals surface area contributed by atoms with Crippen molar-refractivity contribution in [2.24, 2.45) is 11.3 Å². The van der Waals surface area contributed by atoms with Crippen LogP contribution >= 0.6 is 0 Å². The smallest absolute Gasteiger partial charge is 0.228 e. The number of carbonyl (C=O) groups is 1. The van der Waals surface area contributed by atoms with Crippen molar-refractivity contribution < 1.29 is 4.79 Å². The van der Waals surface area contributed by atoms with Crippen molar-refractivity contribution in [2.75, 3.05) is 19.6 Å². The number of hydrogen-bond acceptors (Lipinski definition) is 4. The number of amides is 1. The summed E-state index contributed by atoms with van der Waals surface area (Å²) in [6.45, 7) is 7.90. The molecule has 0 bridgehead atoms. The minimum absolute atomic E-state index is 0.228. The van der Waals surface area contributed by atoms with E-state index in [1.165, 1.54) is 24.1 Å². The summed E-state index contributed by atoms with van der Waals surface area (Å²) in [6, 6.07) is 0.416. The standard InChI is InChI=1S/C22H30N4O/c1-15-23-10-17-12-25(11-16-6-7-16)19-14-26(13-18(19)20(17)24-15)21(27)22(2)8-4-3-5-9-22/h3-4,10,16,18-19H,5-9,11-14H2,1-2H3. The molecule has 3 unspecified atom stereocenters. The van der Waals surface area contributed by atoms with Crippen molar-refractivity contribution in [3.63, 3.8) is 0 Å². The monoisotopic (exact) mass is 366 g/mol. The zero-order chi connectivity index (χ0) is 18.6. The number of allylic oxidation sites excluding steroid dienone is 2. The second-order valence-electron chi connectivity index (χ2n) is 9.36. The van der Waals surface area contributed by atoms with Gasteiger partial charge in [-0.2, -0.15) is 0 Å². The molecule has 2 fully saturated rings. The molecule has 1 amide bonds. The molecule has 0 spiro atoms. The molecule has 1 aromatic rings. The summed E-state index contributed by atoms with van der Waals surface area (Å²) < 4.78 is 0. The molecule has 0 N–H and O–H groups in total. The van der Waals surface area contributed by atoms with Crippen LogP contribution in [-0.4, -0.2) is 51.4 Å². The van der Waals surface area contributed by atoms with Crippen LogP contribution in [0.4, 0.5) is 0 Å². The van der Waals surface area contributed by atoms with E-state index in [9.17, 15) is 4.79 Å². The Bertz CT molecular complexity index is 787. The number of aromatic nitrogens is 2. The molecule has 0 aromatic carbocycles. The van der Waals surface area contributed by atoms with Gasteiger partial charge in [0.25, 0.3) is 0 Å². The van der Waals surface area contributed by atoms with Crippen LogP contribution in [0.15, 0.2) is 18.3 Å². The van der Waals surface area contributed by atoms with Gasteiger partial charge < -0.3 is 4.90 Å². The fourth-order valence-electron chi connectivity index (χ4n) is 5.26. The van der Waals surface area contributed by atoms with Gasteiger partial charge in [-0.05, 0) is 44.9 Å². The lowest BCUT2D eigenvalue weighted by atomic mass is 9.78. The van der Waals surface area contributed by atoms with Crippen LogP contribution in [0.2, 0.25) is 0 Å². The Morgan fingerprint density at radius 1 is 1.30 bits per heavy atom. The quantitative estimate of drug-likeness (QED) is 0.772. The molecule has 27 heavy (non-hydrogen) atoms. The summed E-state index contributed by atoms with van der Waals surface area (Å²) >= 11 is 0. The predicted octanol–water partition coefficient (Wildman–Crippen LogP) is 3.05. The lowest BCUT2D eigenvalue weighted by Crippen LogP contribution is -2.46. The fourth-order valence-corrected chi connectivity index (χ4v) is 5.26. The highest BCUT2D eigenvalue weighted by molar-refractivity contribution is 5.83. The Hall–Kier alpha value is -1.75. The van der Waals surface area contributed by atoms with Gasteiger partial charge in [0, 0.05) is 49.9 Å². The zero-order valence-corrected chi connectivity index (χ0v) is 16.5. The maximum Gasteiger partial charge on any atom is 0.228 e. The summed E-state index contributed by atoms with van der Waals surface area (Å²) in [7, 11) is 0. The molecule has 0 radical (unpaired) electrons.